The molecule has 1 unspecified atom stereocenters. The molecule has 0 bridgehead atoms. The number of fused-ring (bicyclic) bond motifs is 1. The van der Waals surface area contributed by atoms with Crippen molar-refractivity contribution in [3.8, 4) is 5.75 Å². The molecule has 0 aliphatic rings. The first kappa shape index (κ1) is 25.5. The van der Waals surface area contributed by atoms with Crippen LogP contribution in [0.5, 0.6) is 5.75 Å². The van der Waals surface area contributed by atoms with Crippen molar-refractivity contribution >= 4 is 16.9 Å². The molecule has 1 aromatic heterocycles. The normalized spacial score (nSPS) is 12.5. The minimum atomic E-state index is -0.219. The summed E-state index contributed by atoms with van der Waals surface area (Å²) >= 11 is 0. The molecule has 0 saturated carbocycles. The molecule has 0 aliphatic carbocycles. The highest BCUT2D eigenvalue weighted by atomic mass is 16.5. The van der Waals surface area contributed by atoms with Gasteiger partial charge in [0, 0.05) is 12.1 Å². The summed E-state index contributed by atoms with van der Waals surface area (Å²) in [5.41, 5.74) is 5.20. The zero-order valence-corrected chi connectivity index (χ0v) is 22.0. The summed E-state index contributed by atoms with van der Waals surface area (Å²) in [7, 11) is 0. The molecule has 3 aromatic carbocycles. The minimum Gasteiger partial charge on any atom is -0.494 e. The Bertz CT molecular complexity index is 1320. The molecule has 5 heteroatoms. The van der Waals surface area contributed by atoms with Gasteiger partial charge in [0.25, 0.3) is 5.91 Å². The summed E-state index contributed by atoms with van der Waals surface area (Å²) in [6.07, 6.45) is 1.88. The van der Waals surface area contributed by atoms with Crippen molar-refractivity contribution in [2.24, 2.45) is 0 Å². The van der Waals surface area contributed by atoms with Crippen molar-refractivity contribution in [1.82, 2.24) is 14.9 Å². The molecule has 1 atom stereocenters. The first-order valence-corrected chi connectivity index (χ1v) is 12.8. The Balaban J connectivity index is 1.38. The van der Waals surface area contributed by atoms with E-state index in [9.17, 15) is 4.79 Å². The number of hydrogen-bond donors (Lipinski definition) is 1. The van der Waals surface area contributed by atoms with Crippen LogP contribution in [0.2, 0.25) is 0 Å². The molecule has 0 spiro atoms. The first-order valence-electron chi connectivity index (χ1n) is 12.8. The van der Waals surface area contributed by atoms with E-state index < -0.39 is 0 Å². The summed E-state index contributed by atoms with van der Waals surface area (Å²) in [6, 6.07) is 24.0. The van der Waals surface area contributed by atoms with Gasteiger partial charge in [-0.3, -0.25) is 4.79 Å². The number of para-hydroxylation sites is 2. The van der Waals surface area contributed by atoms with Crippen molar-refractivity contribution in [3.63, 3.8) is 0 Å². The Hall–Kier alpha value is -3.60. The fourth-order valence-corrected chi connectivity index (χ4v) is 4.40. The Morgan fingerprint density at radius 1 is 1.00 bits per heavy atom. The Morgan fingerprint density at radius 2 is 1.75 bits per heavy atom. The van der Waals surface area contributed by atoms with Crippen LogP contribution in [0.1, 0.15) is 73.9 Å². The van der Waals surface area contributed by atoms with Gasteiger partial charge in [-0.15, -0.1) is 0 Å². The number of rotatable bonds is 9. The number of unbranched alkanes of at least 4 members (excludes halogenated alkanes) is 1. The number of aryl methyl sites for hydroxylation is 2. The lowest BCUT2D eigenvalue weighted by atomic mass is 9.87. The molecule has 0 fully saturated rings. The number of ether oxygens (including phenoxy) is 1. The number of aromatic nitrogens is 2. The first-order chi connectivity index (χ1) is 17.2. The molecule has 4 aromatic rings. The maximum Gasteiger partial charge on any atom is 0.251 e. The summed E-state index contributed by atoms with van der Waals surface area (Å²) < 4.78 is 8.22. The van der Waals surface area contributed by atoms with Gasteiger partial charge in [0.1, 0.15) is 11.6 Å². The lowest BCUT2D eigenvalue weighted by Gasteiger charge is -2.19. The molecular weight excluding hydrogens is 446 g/mol. The summed E-state index contributed by atoms with van der Waals surface area (Å²) in [5, 5.41) is 3.13. The average Bonchev–Trinajstić information content (AvgIpc) is 3.22. The standard InChI is InChI=1S/C31H37N3O2/c1-22-11-10-12-24(21-22)30(35)32-23(2)29-33-27-13-6-7-14-28(27)34(29)19-8-9-20-36-26-17-15-25(16-18-26)31(3,4)5/h6-7,10-18,21,23H,8-9,19-20H2,1-5H3,(H,32,35). The van der Waals surface area contributed by atoms with Crippen LogP contribution in [-0.4, -0.2) is 22.1 Å². The fourth-order valence-electron chi connectivity index (χ4n) is 4.40. The third-order valence-electron chi connectivity index (χ3n) is 6.46. The van der Waals surface area contributed by atoms with Gasteiger partial charge in [-0.05, 0) is 74.1 Å². The third-order valence-corrected chi connectivity index (χ3v) is 6.46. The van der Waals surface area contributed by atoms with E-state index in [2.05, 4.69) is 61.0 Å². The second-order valence-corrected chi connectivity index (χ2v) is 10.5. The van der Waals surface area contributed by atoms with E-state index in [-0.39, 0.29) is 17.4 Å². The van der Waals surface area contributed by atoms with E-state index in [0.29, 0.717) is 12.2 Å². The van der Waals surface area contributed by atoms with Gasteiger partial charge in [0.15, 0.2) is 0 Å². The number of carbonyl (C=O) groups is 1. The van der Waals surface area contributed by atoms with Crippen LogP contribution in [0.4, 0.5) is 0 Å². The second-order valence-electron chi connectivity index (χ2n) is 10.5. The summed E-state index contributed by atoms with van der Waals surface area (Å²) in [4.78, 5) is 17.7. The Kier molecular flexibility index (Phi) is 7.78. The molecule has 5 nitrogen and oxygen atoms in total. The molecule has 188 valence electrons. The molecule has 0 saturated heterocycles. The van der Waals surface area contributed by atoms with Crippen LogP contribution in [0.25, 0.3) is 11.0 Å². The van der Waals surface area contributed by atoms with Crippen LogP contribution < -0.4 is 10.1 Å². The van der Waals surface area contributed by atoms with E-state index in [0.717, 1.165) is 47.6 Å². The highest BCUT2D eigenvalue weighted by molar-refractivity contribution is 5.94. The van der Waals surface area contributed by atoms with Gasteiger partial charge in [0.05, 0.1) is 23.7 Å². The topological polar surface area (TPSA) is 56.2 Å². The third kappa shape index (κ3) is 6.14. The largest absolute Gasteiger partial charge is 0.494 e. The Labute approximate surface area is 214 Å². The number of imidazole rings is 1. The van der Waals surface area contributed by atoms with Crippen LogP contribution in [0.3, 0.4) is 0 Å². The maximum atomic E-state index is 12.9. The van der Waals surface area contributed by atoms with Crippen molar-refractivity contribution in [2.45, 2.75) is 65.5 Å². The number of carbonyl (C=O) groups excluding carboxylic acids is 1. The minimum absolute atomic E-state index is 0.0873. The van der Waals surface area contributed by atoms with E-state index in [1.54, 1.807) is 0 Å². The van der Waals surface area contributed by atoms with E-state index in [1.165, 1.54) is 5.56 Å². The smallest absolute Gasteiger partial charge is 0.251 e. The predicted octanol–water partition coefficient (Wildman–Crippen LogP) is 6.99. The van der Waals surface area contributed by atoms with Crippen LogP contribution in [0.15, 0.2) is 72.8 Å². The predicted molar refractivity (Wildman–Crippen MR) is 147 cm³/mol. The van der Waals surface area contributed by atoms with Crippen LogP contribution in [-0.2, 0) is 12.0 Å². The number of nitrogens with zero attached hydrogens (tertiary/aromatic N) is 2. The quantitative estimate of drug-likeness (QED) is 0.261. The number of nitrogens with one attached hydrogen (secondary N) is 1. The van der Waals surface area contributed by atoms with Crippen molar-refractivity contribution in [3.05, 3.63) is 95.3 Å². The van der Waals surface area contributed by atoms with E-state index in [1.807, 2.05) is 56.3 Å². The van der Waals surface area contributed by atoms with Crippen molar-refractivity contribution in [1.29, 1.82) is 0 Å². The lowest BCUT2D eigenvalue weighted by molar-refractivity contribution is 0.0937. The molecule has 1 N–H and O–H groups in total. The van der Waals surface area contributed by atoms with Gasteiger partial charge in [-0.2, -0.15) is 0 Å². The maximum absolute atomic E-state index is 12.9. The van der Waals surface area contributed by atoms with Crippen LogP contribution in [0, 0.1) is 6.92 Å². The summed E-state index contributed by atoms with van der Waals surface area (Å²) in [6.45, 7) is 12.1. The van der Waals surface area contributed by atoms with Gasteiger partial charge >= 0.3 is 0 Å². The number of benzene rings is 3. The highest BCUT2D eigenvalue weighted by Crippen LogP contribution is 2.25. The summed E-state index contributed by atoms with van der Waals surface area (Å²) in [5.74, 6) is 1.69. The van der Waals surface area contributed by atoms with Gasteiger partial charge in [-0.1, -0.05) is 62.7 Å². The molecule has 4 rings (SSSR count). The average molecular weight is 484 g/mol. The molecule has 0 radical (unpaired) electrons. The number of amides is 1. The van der Waals surface area contributed by atoms with Gasteiger partial charge < -0.3 is 14.6 Å². The zero-order valence-electron chi connectivity index (χ0n) is 22.0. The monoisotopic (exact) mass is 483 g/mol. The van der Waals surface area contributed by atoms with Crippen molar-refractivity contribution < 1.29 is 9.53 Å². The van der Waals surface area contributed by atoms with Crippen LogP contribution >= 0.6 is 0 Å². The van der Waals surface area contributed by atoms with E-state index in [4.69, 9.17) is 9.72 Å². The van der Waals surface area contributed by atoms with Gasteiger partial charge in [-0.25, -0.2) is 4.98 Å². The molecule has 1 amide bonds. The van der Waals surface area contributed by atoms with Gasteiger partial charge in [0.2, 0.25) is 0 Å². The molecule has 1 heterocycles. The zero-order chi connectivity index (χ0) is 25.7. The van der Waals surface area contributed by atoms with Crippen molar-refractivity contribution in [2.75, 3.05) is 6.61 Å². The fraction of sp³-hybridized carbons (Fsp3) is 0.355. The molecule has 36 heavy (non-hydrogen) atoms. The number of hydrogen-bond acceptors (Lipinski definition) is 3. The van der Waals surface area contributed by atoms with E-state index >= 15 is 0 Å². The Morgan fingerprint density at radius 3 is 2.47 bits per heavy atom. The lowest BCUT2D eigenvalue weighted by Crippen LogP contribution is -2.28. The molecule has 0 aliphatic heterocycles. The highest BCUT2D eigenvalue weighted by Gasteiger charge is 2.19. The molecular formula is C31H37N3O2. The SMILES string of the molecule is Cc1cccc(C(=O)NC(C)c2nc3ccccc3n2CCCCOc2ccc(C(C)(C)C)cc2)c1. The second kappa shape index (κ2) is 11.0.